The van der Waals surface area contributed by atoms with E-state index in [1.807, 2.05) is 26.0 Å². The lowest BCUT2D eigenvalue weighted by Gasteiger charge is -2.14. The Morgan fingerprint density at radius 1 is 1.10 bits per heavy atom. The molecule has 3 aromatic rings. The van der Waals surface area contributed by atoms with Crippen LogP contribution in [-0.4, -0.2) is 24.1 Å². The Morgan fingerprint density at radius 2 is 1.84 bits per heavy atom. The number of nitrogens with zero attached hydrogens (tertiary/aromatic N) is 2. The second-order valence-corrected chi connectivity index (χ2v) is 9.61. The summed E-state index contributed by atoms with van der Waals surface area (Å²) in [5.74, 6) is -1.20. The summed E-state index contributed by atoms with van der Waals surface area (Å²) in [5.41, 5.74) is 2.02. The van der Waals surface area contributed by atoms with Crippen LogP contribution < -0.4 is 5.32 Å². The van der Waals surface area contributed by atoms with Gasteiger partial charge in [-0.2, -0.15) is 18.3 Å². The number of alkyl halides is 3. The molecule has 0 saturated carbocycles. The minimum atomic E-state index is -4.59. The van der Waals surface area contributed by atoms with Crippen LogP contribution in [0.4, 0.5) is 19.0 Å². The average molecular weight is 449 g/mol. The first-order valence-corrected chi connectivity index (χ1v) is 11.1. The number of hydrogen-bond donors (Lipinski definition) is 1. The standard InChI is InChI=1S/C21H18F3N3O3S/c1-12-6-7-18(13(2)8-12)27-19(16-10-31(29,30)11-17(16)26-27)25-20(28)14-4-3-5-15(9-14)21(22,23)24/h3-9H,10-11H2,1-2H3,(H,25,28). The summed E-state index contributed by atoms with van der Waals surface area (Å²) >= 11 is 0. The monoisotopic (exact) mass is 449 g/mol. The van der Waals surface area contributed by atoms with Crippen molar-refractivity contribution in [2.45, 2.75) is 31.5 Å². The van der Waals surface area contributed by atoms with Gasteiger partial charge in [-0.3, -0.25) is 4.79 Å². The summed E-state index contributed by atoms with van der Waals surface area (Å²) in [6.45, 7) is 3.77. The third kappa shape index (κ3) is 4.07. The Balaban J connectivity index is 1.78. The maximum atomic E-state index is 13.0. The van der Waals surface area contributed by atoms with E-state index >= 15 is 0 Å². The first kappa shape index (κ1) is 21.1. The number of aryl methyl sites for hydroxylation is 2. The van der Waals surface area contributed by atoms with Crippen LogP contribution in [0, 0.1) is 13.8 Å². The Kier molecular flexibility index (Phi) is 4.92. The molecular weight excluding hydrogens is 431 g/mol. The second kappa shape index (κ2) is 7.23. The topological polar surface area (TPSA) is 81.1 Å². The van der Waals surface area contributed by atoms with Crippen LogP contribution in [0.15, 0.2) is 42.5 Å². The number of anilines is 1. The van der Waals surface area contributed by atoms with Gasteiger partial charge in [-0.25, -0.2) is 13.1 Å². The number of carbonyl (C=O) groups excluding carboxylic acids is 1. The quantitative estimate of drug-likeness (QED) is 0.650. The van der Waals surface area contributed by atoms with Crippen molar-refractivity contribution in [1.29, 1.82) is 0 Å². The zero-order valence-electron chi connectivity index (χ0n) is 16.6. The van der Waals surface area contributed by atoms with Gasteiger partial charge < -0.3 is 5.32 Å². The van der Waals surface area contributed by atoms with Crippen molar-refractivity contribution in [2.24, 2.45) is 0 Å². The molecule has 0 saturated heterocycles. The fourth-order valence-electron chi connectivity index (χ4n) is 3.60. The van der Waals surface area contributed by atoms with Gasteiger partial charge in [0.25, 0.3) is 5.91 Å². The van der Waals surface area contributed by atoms with E-state index < -0.39 is 27.5 Å². The third-order valence-electron chi connectivity index (χ3n) is 5.05. The van der Waals surface area contributed by atoms with E-state index in [1.165, 1.54) is 10.7 Å². The number of halogens is 3. The zero-order valence-corrected chi connectivity index (χ0v) is 17.4. The molecule has 0 fully saturated rings. The summed E-state index contributed by atoms with van der Waals surface area (Å²) in [6, 6.07) is 9.60. The highest BCUT2D eigenvalue weighted by Crippen LogP contribution is 2.34. The molecule has 0 bridgehead atoms. The minimum absolute atomic E-state index is 0.144. The van der Waals surface area contributed by atoms with Gasteiger partial charge in [-0.05, 0) is 43.7 Å². The molecule has 1 N–H and O–H groups in total. The smallest absolute Gasteiger partial charge is 0.306 e. The maximum absolute atomic E-state index is 13.0. The van der Waals surface area contributed by atoms with Gasteiger partial charge in [0, 0.05) is 11.1 Å². The van der Waals surface area contributed by atoms with Crippen molar-refractivity contribution in [1.82, 2.24) is 9.78 Å². The van der Waals surface area contributed by atoms with E-state index in [0.717, 1.165) is 29.3 Å². The fraction of sp³-hybridized carbons (Fsp3) is 0.238. The molecule has 0 radical (unpaired) electrons. The number of carbonyl (C=O) groups is 1. The molecule has 31 heavy (non-hydrogen) atoms. The fourth-order valence-corrected chi connectivity index (χ4v) is 5.10. The lowest BCUT2D eigenvalue weighted by molar-refractivity contribution is -0.137. The van der Waals surface area contributed by atoms with Crippen LogP contribution in [0.5, 0.6) is 0 Å². The molecule has 4 rings (SSSR count). The number of hydrogen-bond acceptors (Lipinski definition) is 4. The molecule has 6 nitrogen and oxygen atoms in total. The van der Waals surface area contributed by atoms with Crippen molar-refractivity contribution in [3.8, 4) is 5.69 Å². The lowest BCUT2D eigenvalue weighted by atomic mass is 10.1. The molecule has 0 unspecified atom stereocenters. The van der Waals surface area contributed by atoms with Gasteiger partial charge in [0.05, 0.1) is 28.5 Å². The first-order valence-electron chi connectivity index (χ1n) is 9.32. The summed E-state index contributed by atoms with van der Waals surface area (Å²) in [4.78, 5) is 12.8. The molecule has 162 valence electrons. The number of nitrogens with one attached hydrogen (secondary N) is 1. The molecule has 1 aromatic heterocycles. The van der Waals surface area contributed by atoms with Gasteiger partial charge in [-0.15, -0.1) is 0 Å². The van der Waals surface area contributed by atoms with Gasteiger partial charge in [0.1, 0.15) is 5.82 Å². The van der Waals surface area contributed by atoms with Crippen LogP contribution in [0.3, 0.4) is 0 Å². The van der Waals surface area contributed by atoms with E-state index in [-0.39, 0.29) is 22.9 Å². The molecule has 2 aromatic carbocycles. The van der Waals surface area contributed by atoms with Gasteiger partial charge >= 0.3 is 6.18 Å². The summed E-state index contributed by atoms with van der Waals surface area (Å²) in [7, 11) is -3.40. The number of amides is 1. The Hall–Kier alpha value is -3.14. The Morgan fingerprint density at radius 3 is 2.52 bits per heavy atom. The second-order valence-electron chi connectivity index (χ2n) is 7.54. The van der Waals surface area contributed by atoms with E-state index in [4.69, 9.17) is 0 Å². The highest BCUT2D eigenvalue weighted by molar-refractivity contribution is 7.90. The summed E-state index contributed by atoms with van der Waals surface area (Å²) < 4.78 is 64.7. The van der Waals surface area contributed by atoms with Crippen LogP contribution in [0.2, 0.25) is 0 Å². The maximum Gasteiger partial charge on any atom is 0.416 e. The number of sulfone groups is 1. The zero-order chi connectivity index (χ0) is 22.6. The van der Waals surface area contributed by atoms with Crippen LogP contribution >= 0.6 is 0 Å². The number of aromatic nitrogens is 2. The van der Waals surface area contributed by atoms with E-state index in [9.17, 15) is 26.4 Å². The average Bonchev–Trinajstić information content (AvgIpc) is 3.13. The molecular formula is C21H18F3N3O3S. The molecule has 1 aliphatic rings. The van der Waals surface area contributed by atoms with Gasteiger partial charge in [0.2, 0.25) is 0 Å². The van der Waals surface area contributed by atoms with Crippen molar-refractivity contribution in [2.75, 3.05) is 5.32 Å². The summed E-state index contributed by atoms with van der Waals surface area (Å²) in [6.07, 6.45) is -4.59. The predicted octanol–water partition coefficient (Wildman–Crippen LogP) is 4.19. The highest BCUT2D eigenvalue weighted by Gasteiger charge is 2.34. The largest absolute Gasteiger partial charge is 0.416 e. The van der Waals surface area contributed by atoms with Crippen molar-refractivity contribution < 1.29 is 26.4 Å². The van der Waals surface area contributed by atoms with Crippen molar-refractivity contribution in [3.63, 3.8) is 0 Å². The molecule has 10 heteroatoms. The van der Waals surface area contributed by atoms with Gasteiger partial charge in [0.15, 0.2) is 9.84 Å². The number of benzene rings is 2. The van der Waals surface area contributed by atoms with E-state index in [2.05, 4.69) is 10.4 Å². The number of fused-ring (bicyclic) bond motifs is 1. The molecule has 0 aliphatic carbocycles. The van der Waals surface area contributed by atoms with Crippen LogP contribution in [0.25, 0.3) is 5.69 Å². The van der Waals surface area contributed by atoms with Crippen molar-refractivity contribution >= 4 is 21.6 Å². The Bertz CT molecular complexity index is 1310. The molecule has 0 atom stereocenters. The van der Waals surface area contributed by atoms with Gasteiger partial charge in [-0.1, -0.05) is 23.8 Å². The highest BCUT2D eigenvalue weighted by atomic mass is 32.2. The SMILES string of the molecule is Cc1ccc(-n2nc3c(c2NC(=O)c2cccc(C(F)(F)F)c2)CS(=O)(=O)C3)c(C)c1. The van der Waals surface area contributed by atoms with Crippen LogP contribution in [0.1, 0.15) is 38.3 Å². The summed E-state index contributed by atoms with van der Waals surface area (Å²) in [5, 5.41) is 6.99. The molecule has 1 amide bonds. The normalized spacial score (nSPS) is 15.0. The van der Waals surface area contributed by atoms with E-state index in [0.29, 0.717) is 16.9 Å². The number of rotatable bonds is 3. The Labute approximate surface area is 176 Å². The molecule has 0 spiro atoms. The molecule has 1 aliphatic heterocycles. The van der Waals surface area contributed by atoms with E-state index in [1.54, 1.807) is 6.07 Å². The van der Waals surface area contributed by atoms with Crippen LogP contribution in [-0.2, 0) is 27.5 Å². The lowest BCUT2D eigenvalue weighted by Crippen LogP contribution is -2.18. The molecule has 2 heterocycles. The first-order chi connectivity index (χ1) is 14.4. The predicted molar refractivity (Wildman–Crippen MR) is 109 cm³/mol. The van der Waals surface area contributed by atoms with Crippen molar-refractivity contribution in [3.05, 3.63) is 76.0 Å². The third-order valence-corrected chi connectivity index (χ3v) is 6.49. The minimum Gasteiger partial charge on any atom is -0.306 e.